The van der Waals surface area contributed by atoms with E-state index in [9.17, 15) is 4.79 Å². The summed E-state index contributed by atoms with van der Waals surface area (Å²) in [5, 5.41) is 6.80. The Kier molecular flexibility index (Phi) is 3.82. The molecule has 0 unspecified atom stereocenters. The molecule has 0 aliphatic heterocycles. The summed E-state index contributed by atoms with van der Waals surface area (Å²) in [6, 6.07) is 7.35. The van der Waals surface area contributed by atoms with E-state index in [0.29, 0.717) is 11.4 Å². The minimum absolute atomic E-state index is 0.140. The second kappa shape index (κ2) is 5.18. The third-order valence-electron chi connectivity index (χ3n) is 2.24. The zero-order chi connectivity index (χ0) is 12.4. The second-order valence-corrected chi connectivity index (χ2v) is 5.50. The van der Waals surface area contributed by atoms with Crippen molar-refractivity contribution in [2.45, 2.75) is 0 Å². The van der Waals surface area contributed by atoms with E-state index >= 15 is 0 Å². The third-order valence-corrected chi connectivity index (χ3v) is 3.67. The lowest BCUT2D eigenvalue weighted by Gasteiger charge is -2.07. The van der Waals surface area contributed by atoms with Crippen molar-refractivity contribution in [3.05, 3.63) is 44.1 Å². The lowest BCUT2D eigenvalue weighted by atomic mass is 10.2. The summed E-state index contributed by atoms with van der Waals surface area (Å²) in [7, 11) is 1.78. The molecule has 1 heterocycles. The van der Waals surface area contributed by atoms with Crippen molar-refractivity contribution < 1.29 is 4.79 Å². The van der Waals surface area contributed by atoms with Gasteiger partial charge in [-0.3, -0.25) is 9.48 Å². The number of benzene rings is 1. The Morgan fingerprint density at radius 2 is 2.24 bits per heavy atom. The van der Waals surface area contributed by atoms with Crippen molar-refractivity contribution in [2.75, 3.05) is 5.32 Å². The van der Waals surface area contributed by atoms with E-state index in [-0.39, 0.29) is 5.91 Å². The van der Waals surface area contributed by atoms with Gasteiger partial charge in [-0.1, -0.05) is 15.9 Å². The maximum atomic E-state index is 12.1. The standard InChI is InChI=1S/C11H9BrIN3O/c1-16-10(4-5-14-16)15-11(17)8-6-7(12)2-3-9(8)13/h2-6H,1H3,(H,15,17). The number of hydrogen-bond acceptors (Lipinski definition) is 2. The lowest BCUT2D eigenvalue weighted by molar-refractivity contribution is 0.102. The highest BCUT2D eigenvalue weighted by Crippen LogP contribution is 2.19. The minimum atomic E-state index is -0.140. The topological polar surface area (TPSA) is 46.9 Å². The number of nitrogens with zero attached hydrogens (tertiary/aromatic N) is 2. The number of carbonyl (C=O) groups excluding carboxylic acids is 1. The van der Waals surface area contributed by atoms with E-state index < -0.39 is 0 Å². The summed E-state index contributed by atoms with van der Waals surface area (Å²) in [5.41, 5.74) is 0.640. The van der Waals surface area contributed by atoms with Crippen LogP contribution in [0, 0.1) is 3.57 Å². The van der Waals surface area contributed by atoms with Gasteiger partial charge in [0.15, 0.2) is 0 Å². The van der Waals surface area contributed by atoms with Crippen molar-refractivity contribution in [3.63, 3.8) is 0 Å². The van der Waals surface area contributed by atoms with Gasteiger partial charge in [0.1, 0.15) is 5.82 Å². The molecular formula is C11H9BrIN3O. The van der Waals surface area contributed by atoms with Gasteiger partial charge in [-0.05, 0) is 40.8 Å². The first-order valence-electron chi connectivity index (χ1n) is 4.82. The number of aromatic nitrogens is 2. The third kappa shape index (κ3) is 2.86. The number of nitrogens with one attached hydrogen (secondary N) is 1. The quantitative estimate of drug-likeness (QED) is 0.780. The molecule has 0 saturated carbocycles. The number of amides is 1. The molecule has 2 rings (SSSR count). The minimum Gasteiger partial charge on any atom is -0.307 e. The second-order valence-electron chi connectivity index (χ2n) is 3.42. The average molecular weight is 406 g/mol. The molecule has 1 aromatic carbocycles. The molecule has 1 amide bonds. The molecule has 6 heteroatoms. The van der Waals surface area contributed by atoms with Crippen LogP contribution < -0.4 is 5.32 Å². The van der Waals surface area contributed by atoms with Crippen LogP contribution in [0.5, 0.6) is 0 Å². The molecule has 0 radical (unpaired) electrons. The highest BCUT2D eigenvalue weighted by atomic mass is 127. The Labute approximate surface area is 121 Å². The van der Waals surface area contributed by atoms with Crippen LogP contribution in [0.15, 0.2) is 34.9 Å². The molecule has 0 bridgehead atoms. The van der Waals surface area contributed by atoms with Gasteiger partial charge in [-0.2, -0.15) is 5.10 Å². The molecule has 17 heavy (non-hydrogen) atoms. The molecule has 1 aromatic heterocycles. The summed E-state index contributed by atoms with van der Waals surface area (Å²) in [6.45, 7) is 0. The van der Waals surface area contributed by atoms with Crippen LogP contribution >= 0.6 is 38.5 Å². The molecule has 0 spiro atoms. The van der Waals surface area contributed by atoms with Crippen LogP contribution in [0.3, 0.4) is 0 Å². The van der Waals surface area contributed by atoms with Crippen molar-refractivity contribution in [3.8, 4) is 0 Å². The van der Waals surface area contributed by atoms with Crippen LogP contribution in [0.2, 0.25) is 0 Å². The number of aryl methyl sites for hydroxylation is 1. The number of anilines is 1. The first kappa shape index (κ1) is 12.6. The van der Waals surface area contributed by atoms with E-state index in [0.717, 1.165) is 8.04 Å². The number of rotatable bonds is 2. The monoisotopic (exact) mass is 405 g/mol. The summed E-state index contributed by atoms with van der Waals surface area (Å²) in [6.07, 6.45) is 1.64. The highest BCUT2D eigenvalue weighted by molar-refractivity contribution is 14.1. The molecule has 4 nitrogen and oxygen atoms in total. The van der Waals surface area contributed by atoms with Crippen LogP contribution in [-0.4, -0.2) is 15.7 Å². The molecule has 1 N–H and O–H groups in total. The molecule has 0 fully saturated rings. The summed E-state index contributed by atoms with van der Waals surface area (Å²) < 4.78 is 3.40. The Hall–Kier alpha value is -0.890. The van der Waals surface area contributed by atoms with Crippen molar-refractivity contribution in [2.24, 2.45) is 7.05 Å². The Bertz CT molecular complexity index is 568. The van der Waals surface area contributed by atoms with Gasteiger partial charge in [-0.15, -0.1) is 0 Å². The molecule has 0 aliphatic carbocycles. The van der Waals surface area contributed by atoms with Gasteiger partial charge < -0.3 is 5.32 Å². The Morgan fingerprint density at radius 1 is 1.47 bits per heavy atom. The molecule has 0 saturated heterocycles. The zero-order valence-corrected chi connectivity index (χ0v) is 12.7. The predicted molar refractivity (Wildman–Crippen MR) is 78.0 cm³/mol. The van der Waals surface area contributed by atoms with Gasteiger partial charge in [0, 0.05) is 21.2 Å². The summed E-state index contributed by atoms with van der Waals surface area (Å²) in [4.78, 5) is 12.1. The van der Waals surface area contributed by atoms with Crippen molar-refractivity contribution >= 4 is 50.2 Å². The number of hydrogen-bond donors (Lipinski definition) is 1. The maximum Gasteiger partial charge on any atom is 0.257 e. The molecular weight excluding hydrogens is 397 g/mol. The van der Waals surface area contributed by atoms with Gasteiger partial charge in [0.25, 0.3) is 5.91 Å². The van der Waals surface area contributed by atoms with Gasteiger partial charge in [-0.25, -0.2) is 0 Å². The smallest absolute Gasteiger partial charge is 0.257 e. The van der Waals surface area contributed by atoms with Crippen LogP contribution in [-0.2, 0) is 7.05 Å². The zero-order valence-electron chi connectivity index (χ0n) is 8.95. The molecule has 0 atom stereocenters. The Morgan fingerprint density at radius 3 is 2.88 bits per heavy atom. The molecule has 2 aromatic rings. The van der Waals surface area contributed by atoms with E-state index in [2.05, 4.69) is 48.9 Å². The van der Waals surface area contributed by atoms with Gasteiger partial charge in [0.05, 0.1) is 11.8 Å². The van der Waals surface area contributed by atoms with E-state index in [1.54, 1.807) is 30.1 Å². The number of halogens is 2. The van der Waals surface area contributed by atoms with E-state index in [4.69, 9.17) is 0 Å². The molecule has 88 valence electrons. The van der Waals surface area contributed by atoms with Gasteiger partial charge in [0.2, 0.25) is 0 Å². The lowest BCUT2D eigenvalue weighted by Crippen LogP contribution is -2.15. The van der Waals surface area contributed by atoms with E-state index in [1.807, 2.05) is 12.1 Å². The first-order chi connectivity index (χ1) is 8.08. The number of carbonyl (C=O) groups is 1. The summed E-state index contributed by atoms with van der Waals surface area (Å²) >= 11 is 5.49. The fourth-order valence-electron chi connectivity index (χ4n) is 1.35. The maximum absolute atomic E-state index is 12.1. The van der Waals surface area contributed by atoms with Gasteiger partial charge >= 0.3 is 0 Å². The van der Waals surface area contributed by atoms with Crippen LogP contribution in [0.1, 0.15) is 10.4 Å². The molecule has 0 aliphatic rings. The predicted octanol–water partition coefficient (Wildman–Crippen LogP) is 3.04. The SMILES string of the molecule is Cn1nccc1NC(=O)c1cc(Br)ccc1I. The normalized spacial score (nSPS) is 10.3. The van der Waals surface area contributed by atoms with Crippen molar-refractivity contribution in [1.82, 2.24) is 9.78 Å². The van der Waals surface area contributed by atoms with Crippen molar-refractivity contribution in [1.29, 1.82) is 0 Å². The average Bonchev–Trinajstić information content (AvgIpc) is 2.68. The highest BCUT2D eigenvalue weighted by Gasteiger charge is 2.12. The largest absolute Gasteiger partial charge is 0.307 e. The first-order valence-corrected chi connectivity index (χ1v) is 6.69. The fraction of sp³-hybridized carbons (Fsp3) is 0.0909. The van der Waals surface area contributed by atoms with Crippen LogP contribution in [0.25, 0.3) is 0 Å². The van der Waals surface area contributed by atoms with E-state index in [1.165, 1.54) is 0 Å². The fourth-order valence-corrected chi connectivity index (χ4v) is 2.29. The summed E-state index contributed by atoms with van der Waals surface area (Å²) in [5.74, 6) is 0.532. The van der Waals surface area contributed by atoms with Crippen LogP contribution in [0.4, 0.5) is 5.82 Å². The Balaban J connectivity index is 2.26.